The molecule has 0 aliphatic carbocycles. The normalized spacial score (nSPS) is 9.69. The molecule has 3 nitrogen and oxygen atoms in total. The predicted octanol–water partition coefficient (Wildman–Crippen LogP) is 1.33. The Labute approximate surface area is 77.7 Å². The van der Waals surface area contributed by atoms with Gasteiger partial charge in [-0.25, -0.2) is 0 Å². The third kappa shape index (κ3) is 2.87. The lowest BCUT2D eigenvalue weighted by molar-refractivity contribution is -0.131. The van der Waals surface area contributed by atoms with Gasteiger partial charge in [-0.15, -0.1) is 0 Å². The van der Waals surface area contributed by atoms with Crippen molar-refractivity contribution in [3.05, 3.63) is 29.8 Å². The van der Waals surface area contributed by atoms with E-state index in [2.05, 4.69) is 5.32 Å². The molecule has 0 heterocycles. The Morgan fingerprint density at radius 1 is 1.46 bits per heavy atom. The number of hydrogen-bond acceptors (Lipinski definition) is 3. The van der Waals surface area contributed by atoms with Gasteiger partial charge in [0.15, 0.2) is 0 Å². The molecular weight excluding hydrogens is 166 g/mol. The Bertz CT molecular complexity index is 297. The van der Waals surface area contributed by atoms with Gasteiger partial charge in [0, 0.05) is 19.0 Å². The van der Waals surface area contributed by atoms with Crippen LogP contribution in [0.15, 0.2) is 24.3 Å². The third-order valence-corrected chi connectivity index (χ3v) is 1.59. The lowest BCUT2D eigenvalue weighted by Crippen LogP contribution is -2.09. The first-order valence-electron chi connectivity index (χ1n) is 4.15. The SMILES string of the molecule is CNCc1ccccc1OC(C)=O. The fourth-order valence-corrected chi connectivity index (χ4v) is 1.09. The second kappa shape index (κ2) is 4.62. The number of ether oxygens (including phenoxy) is 1. The van der Waals surface area contributed by atoms with Crippen molar-refractivity contribution < 1.29 is 9.53 Å². The van der Waals surface area contributed by atoms with Crippen molar-refractivity contribution >= 4 is 5.97 Å². The van der Waals surface area contributed by atoms with Gasteiger partial charge in [-0.2, -0.15) is 0 Å². The van der Waals surface area contributed by atoms with Crippen molar-refractivity contribution in [2.24, 2.45) is 0 Å². The second-order valence-corrected chi connectivity index (χ2v) is 2.73. The number of carbonyl (C=O) groups excluding carboxylic acids is 1. The molecule has 0 saturated heterocycles. The molecule has 1 N–H and O–H groups in total. The first kappa shape index (κ1) is 9.74. The number of carbonyl (C=O) groups is 1. The van der Waals surface area contributed by atoms with Crippen molar-refractivity contribution in [3.8, 4) is 5.75 Å². The summed E-state index contributed by atoms with van der Waals surface area (Å²) in [4.78, 5) is 10.7. The standard InChI is InChI=1S/C10H13NO2/c1-8(12)13-10-6-4-3-5-9(10)7-11-2/h3-6,11H,7H2,1-2H3. The minimum absolute atomic E-state index is 0.288. The topological polar surface area (TPSA) is 38.3 Å². The highest BCUT2D eigenvalue weighted by Crippen LogP contribution is 2.17. The minimum Gasteiger partial charge on any atom is -0.426 e. The van der Waals surface area contributed by atoms with E-state index in [4.69, 9.17) is 4.74 Å². The zero-order valence-corrected chi connectivity index (χ0v) is 7.83. The molecule has 0 aliphatic heterocycles. The fourth-order valence-electron chi connectivity index (χ4n) is 1.09. The van der Waals surface area contributed by atoms with E-state index >= 15 is 0 Å². The highest BCUT2D eigenvalue weighted by molar-refractivity contribution is 5.69. The van der Waals surface area contributed by atoms with E-state index < -0.39 is 0 Å². The van der Waals surface area contributed by atoms with Gasteiger partial charge >= 0.3 is 5.97 Å². The van der Waals surface area contributed by atoms with E-state index in [0.29, 0.717) is 12.3 Å². The van der Waals surface area contributed by atoms with E-state index in [1.54, 1.807) is 6.07 Å². The average Bonchev–Trinajstić information content (AvgIpc) is 2.08. The Morgan fingerprint density at radius 2 is 2.15 bits per heavy atom. The van der Waals surface area contributed by atoms with E-state index in [-0.39, 0.29) is 5.97 Å². The summed E-state index contributed by atoms with van der Waals surface area (Å²) in [6, 6.07) is 7.47. The first-order valence-corrected chi connectivity index (χ1v) is 4.15. The van der Waals surface area contributed by atoms with Gasteiger partial charge < -0.3 is 10.1 Å². The van der Waals surface area contributed by atoms with E-state index in [1.807, 2.05) is 25.2 Å². The zero-order chi connectivity index (χ0) is 9.68. The number of hydrogen-bond donors (Lipinski definition) is 1. The van der Waals surface area contributed by atoms with Crippen LogP contribution in [-0.4, -0.2) is 13.0 Å². The molecule has 0 aliphatic rings. The number of para-hydroxylation sites is 1. The van der Waals surface area contributed by atoms with Gasteiger partial charge in [0.1, 0.15) is 5.75 Å². The van der Waals surface area contributed by atoms with Crippen LogP contribution in [0.1, 0.15) is 12.5 Å². The lowest BCUT2D eigenvalue weighted by atomic mass is 10.2. The molecule has 1 rings (SSSR count). The van der Waals surface area contributed by atoms with Crippen molar-refractivity contribution in [1.82, 2.24) is 5.32 Å². The lowest BCUT2D eigenvalue weighted by Gasteiger charge is -2.07. The maximum atomic E-state index is 10.7. The maximum absolute atomic E-state index is 10.7. The maximum Gasteiger partial charge on any atom is 0.308 e. The summed E-state index contributed by atoms with van der Waals surface area (Å²) in [6.07, 6.45) is 0. The van der Waals surface area contributed by atoms with E-state index in [1.165, 1.54) is 6.92 Å². The molecule has 70 valence electrons. The Kier molecular flexibility index (Phi) is 3.46. The first-order chi connectivity index (χ1) is 6.24. The quantitative estimate of drug-likeness (QED) is 0.562. The van der Waals surface area contributed by atoms with E-state index in [0.717, 1.165) is 5.56 Å². The summed E-state index contributed by atoms with van der Waals surface area (Å²) in [5.41, 5.74) is 0.986. The fraction of sp³-hybridized carbons (Fsp3) is 0.300. The molecule has 1 aromatic rings. The molecule has 0 atom stereocenters. The van der Waals surface area contributed by atoms with Crippen LogP contribution in [0.25, 0.3) is 0 Å². The molecule has 0 fully saturated rings. The summed E-state index contributed by atoms with van der Waals surface area (Å²) >= 11 is 0. The van der Waals surface area contributed by atoms with Crippen LogP contribution in [0.4, 0.5) is 0 Å². The molecule has 3 heteroatoms. The molecule has 1 aromatic carbocycles. The number of nitrogens with one attached hydrogen (secondary N) is 1. The van der Waals surface area contributed by atoms with Gasteiger partial charge in [-0.05, 0) is 13.1 Å². The van der Waals surface area contributed by atoms with Gasteiger partial charge in [-0.3, -0.25) is 4.79 Å². The van der Waals surface area contributed by atoms with Crippen LogP contribution in [0.2, 0.25) is 0 Å². The van der Waals surface area contributed by atoms with Crippen molar-refractivity contribution in [2.75, 3.05) is 7.05 Å². The zero-order valence-electron chi connectivity index (χ0n) is 7.83. The molecular formula is C10H13NO2. The number of benzene rings is 1. The molecule has 0 radical (unpaired) electrons. The summed E-state index contributed by atoms with van der Waals surface area (Å²) in [5, 5.41) is 3.01. The molecule has 0 bridgehead atoms. The van der Waals surface area contributed by atoms with Gasteiger partial charge in [0.05, 0.1) is 0 Å². The Hall–Kier alpha value is -1.35. The van der Waals surface area contributed by atoms with Crippen LogP contribution < -0.4 is 10.1 Å². The van der Waals surface area contributed by atoms with Gasteiger partial charge in [-0.1, -0.05) is 18.2 Å². The molecule has 0 saturated carbocycles. The van der Waals surface area contributed by atoms with Crippen LogP contribution in [0, 0.1) is 0 Å². The largest absolute Gasteiger partial charge is 0.426 e. The van der Waals surface area contributed by atoms with Crippen LogP contribution in [0.5, 0.6) is 5.75 Å². The van der Waals surface area contributed by atoms with Gasteiger partial charge in [0.2, 0.25) is 0 Å². The van der Waals surface area contributed by atoms with Crippen LogP contribution in [-0.2, 0) is 11.3 Å². The molecule has 0 amide bonds. The van der Waals surface area contributed by atoms with Crippen molar-refractivity contribution in [1.29, 1.82) is 0 Å². The Balaban J connectivity index is 2.84. The van der Waals surface area contributed by atoms with Crippen molar-refractivity contribution in [3.63, 3.8) is 0 Å². The molecule has 0 unspecified atom stereocenters. The summed E-state index contributed by atoms with van der Waals surface area (Å²) in [7, 11) is 1.85. The molecule has 0 aromatic heterocycles. The highest BCUT2D eigenvalue weighted by atomic mass is 16.5. The molecule has 13 heavy (non-hydrogen) atoms. The summed E-state index contributed by atoms with van der Waals surface area (Å²) < 4.78 is 5.02. The van der Waals surface area contributed by atoms with Crippen molar-refractivity contribution in [2.45, 2.75) is 13.5 Å². The average molecular weight is 179 g/mol. The van der Waals surface area contributed by atoms with E-state index in [9.17, 15) is 4.79 Å². The Morgan fingerprint density at radius 3 is 2.77 bits per heavy atom. The van der Waals surface area contributed by atoms with Gasteiger partial charge in [0.25, 0.3) is 0 Å². The summed E-state index contributed by atoms with van der Waals surface area (Å²) in [6.45, 7) is 2.10. The summed E-state index contributed by atoms with van der Waals surface area (Å²) in [5.74, 6) is 0.341. The number of esters is 1. The van der Waals surface area contributed by atoms with Crippen LogP contribution in [0.3, 0.4) is 0 Å². The third-order valence-electron chi connectivity index (χ3n) is 1.59. The molecule has 0 spiro atoms. The minimum atomic E-state index is -0.288. The second-order valence-electron chi connectivity index (χ2n) is 2.73. The smallest absolute Gasteiger partial charge is 0.308 e. The monoisotopic (exact) mass is 179 g/mol. The van der Waals surface area contributed by atoms with Crippen LogP contribution >= 0.6 is 0 Å². The highest BCUT2D eigenvalue weighted by Gasteiger charge is 2.03. The predicted molar refractivity (Wildman–Crippen MR) is 50.5 cm³/mol. The number of rotatable bonds is 3.